The molecule has 0 bridgehead atoms. The van der Waals surface area contributed by atoms with Gasteiger partial charge in [-0.15, -0.1) is 0 Å². The average Bonchev–Trinajstić information content (AvgIpc) is 2.40. The third-order valence-corrected chi connectivity index (χ3v) is 3.88. The number of rotatable bonds is 6. The highest BCUT2D eigenvalue weighted by molar-refractivity contribution is 5.51. The summed E-state index contributed by atoms with van der Waals surface area (Å²) in [5.74, 6) is 1.11. The fraction of sp³-hybridized carbons (Fsp3) is 0.700. The molecule has 0 heterocycles. The molecular formula is C20H35NO. The van der Waals surface area contributed by atoms with Crippen LogP contribution < -0.4 is 10.1 Å². The minimum absolute atomic E-state index is 0.0821. The van der Waals surface area contributed by atoms with E-state index in [-0.39, 0.29) is 10.8 Å². The molecule has 1 rings (SSSR count). The molecule has 0 aliphatic carbocycles. The molecule has 0 fully saturated rings. The van der Waals surface area contributed by atoms with Crippen LogP contribution in [0.3, 0.4) is 0 Å². The van der Waals surface area contributed by atoms with E-state index in [2.05, 4.69) is 65.9 Å². The van der Waals surface area contributed by atoms with Gasteiger partial charge in [0, 0.05) is 11.1 Å². The number of benzene rings is 1. The van der Waals surface area contributed by atoms with Gasteiger partial charge < -0.3 is 10.1 Å². The zero-order valence-corrected chi connectivity index (χ0v) is 15.9. The predicted octanol–water partition coefficient (Wildman–Crippen LogP) is 4.83. The monoisotopic (exact) mass is 305 g/mol. The third-order valence-electron chi connectivity index (χ3n) is 3.88. The van der Waals surface area contributed by atoms with Crippen LogP contribution in [0.25, 0.3) is 0 Å². The fourth-order valence-corrected chi connectivity index (χ4v) is 2.58. The molecule has 1 aromatic rings. The molecule has 0 spiro atoms. The van der Waals surface area contributed by atoms with E-state index in [1.165, 1.54) is 16.7 Å². The van der Waals surface area contributed by atoms with Crippen LogP contribution in [0.5, 0.6) is 5.75 Å². The largest absolute Gasteiger partial charge is 0.493 e. The molecule has 0 saturated carbocycles. The molecule has 0 aliphatic rings. The lowest BCUT2D eigenvalue weighted by molar-refractivity contribution is 0.299. The second-order valence-electron chi connectivity index (χ2n) is 8.22. The quantitative estimate of drug-likeness (QED) is 0.812. The summed E-state index contributed by atoms with van der Waals surface area (Å²) >= 11 is 0. The first kappa shape index (κ1) is 19.0. The van der Waals surface area contributed by atoms with Crippen molar-refractivity contribution in [2.75, 3.05) is 20.2 Å². The lowest BCUT2D eigenvalue weighted by Crippen LogP contribution is -2.21. The summed E-state index contributed by atoms with van der Waals surface area (Å²) < 4.78 is 6.21. The van der Waals surface area contributed by atoms with E-state index in [0.717, 1.165) is 31.7 Å². The zero-order valence-electron chi connectivity index (χ0n) is 15.9. The van der Waals surface area contributed by atoms with Gasteiger partial charge >= 0.3 is 0 Å². The SMILES string of the molecule is CCCOc1c(C(C)(C)C)cc(CCNC)cc1C(C)(C)C. The minimum atomic E-state index is 0.0821. The Morgan fingerprint density at radius 3 is 1.82 bits per heavy atom. The maximum absolute atomic E-state index is 6.21. The predicted molar refractivity (Wildman–Crippen MR) is 97.3 cm³/mol. The van der Waals surface area contributed by atoms with E-state index in [9.17, 15) is 0 Å². The van der Waals surface area contributed by atoms with Crippen LogP contribution in [-0.4, -0.2) is 20.2 Å². The normalized spacial score (nSPS) is 12.5. The smallest absolute Gasteiger partial charge is 0.126 e. The summed E-state index contributed by atoms with van der Waals surface area (Å²) in [5.41, 5.74) is 4.23. The van der Waals surface area contributed by atoms with Crippen LogP contribution in [0.15, 0.2) is 12.1 Å². The Morgan fingerprint density at radius 1 is 0.955 bits per heavy atom. The first-order chi connectivity index (χ1) is 10.1. The summed E-state index contributed by atoms with van der Waals surface area (Å²) in [4.78, 5) is 0. The summed E-state index contributed by atoms with van der Waals surface area (Å²) in [6.45, 7) is 17.6. The molecule has 0 amide bonds. The molecule has 2 nitrogen and oxygen atoms in total. The van der Waals surface area contributed by atoms with E-state index in [1.54, 1.807) is 0 Å². The molecule has 0 unspecified atom stereocenters. The molecule has 22 heavy (non-hydrogen) atoms. The summed E-state index contributed by atoms with van der Waals surface area (Å²) in [7, 11) is 2.01. The summed E-state index contributed by atoms with van der Waals surface area (Å²) in [6.07, 6.45) is 2.09. The van der Waals surface area contributed by atoms with Gasteiger partial charge in [-0.05, 0) is 42.8 Å². The third kappa shape index (κ3) is 5.01. The molecule has 1 aromatic carbocycles. The van der Waals surface area contributed by atoms with Crippen molar-refractivity contribution in [3.05, 3.63) is 28.8 Å². The fourth-order valence-electron chi connectivity index (χ4n) is 2.58. The van der Waals surface area contributed by atoms with E-state index in [1.807, 2.05) is 7.05 Å². The van der Waals surface area contributed by atoms with Crippen LogP contribution in [0.4, 0.5) is 0 Å². The Morgan fingerprint density at radius 2 is 1.45 bits per heavy atom. The Kier molecular flexibility index (Phi) is 6.49. The van der Waals surface area contributed by atoms with Crippen LogP contribution in [-0.2, 0) is 17.3 Å². The van der Waals surface area contributed by atoms with Gasteiger partial charge in [-0.1, -0.05) is 60.6 Å². The first-order valence-electron chi connectivity index (χ1n) is 8.56. The van der Waals surface area contributed by atoms with E-state index >= 15 is 0 Å². The van der Waals surface area contributed by atoms with Crippen molar-refractivity contribution < 1.29 is 4.74 Å². The maximum Gasteiger partial charge on any atom is 0.126 e. The first-order valence-corrected chi connectivity index (χ1v) is 8.56. The van der Waals surface area contributed by atoms with Crippen molar-refractivity contribution >= 4 is 0 Å². The lowest BCUT2D eigenvalue weighted by Gasteiger charge is -2.30. The molecule has 0 radical (unpaired) electrons. The zero-order chi connectivity index (χ0) is 17.0. The molecule has 0 aromatic heterocycles. The van der Waals surface area contributed by atoms with Crippen molar-refractivity contribution in [2.45, 2.75) is 72.1 Å². The summed E-state index contributed by atoms with van der Waals surface area (Å²) in [5, 5.41) is 3.25. The Labute approximate surface area is 137 Å². The van der Waals surface area contributed by atoms with Crippen LogP contribution >= 0.6 is 0 Å². The van der Waals surface area contributed by atoms with E-state index < -0.39 is 0 Å². The average molecular weight is 306 g/mol. The molecule has 126 valence electrons. The van der Waals surface area contributed by atoms with E-state index in [0.29, 0.717) is 0 Å². The van der Waals surface area contributed by atoms with Gasteiger partial charge in [0.1, 0.15) is 5.75 Å². The van der Waals surface area contributed by atoms with Gasteiger partial charge in [0.05, 0.1) is 6.61 Å². The standard InChI is InChI=1S/C20H35NO/c1-9-12-22-18-16(19(2,3)4)13-15(10-11-21-8)14-17(18)20(5,6)7/h13-14,21H,9-12H2,1-8H3. The van der Waals surface area contributed by atoms with Crippen molar-refractivity contribution in [1.29, 1.82) is 0 Å². The van der Waals surface area contributed by atoms with Gasteiger partial charge in [-0.25, -0.2) is 0 Å². The van der Waals surface area contributed by atoms with E-state index in [4.69, 9.17) is 4.74 Å². The highest BCUT2D eigenvalue weighted by Crippen LogP contribution is 2.40. The van der Waals surface area contributed by atoms with Gasteiger partial charge in [0.15, 0.2) is 0 Å². The van der Waals surface area contributed by atoms with Crippen molar-refractivity contribution in [3.8, 4) is 5.75 Å². The summed E-state index contributed by atoms with van der Waals surface area (Å²) in [6, 6.07) is 4.69. The van der Waals surface area contributed by atoms with Gasteiger partial charge in [-0.3, -0.25) is 0 Å². The number of hydrogen-bond donors (Lipinski definition) is 1. The Hall–Kier alpha value is -1.02. The molecule has 1 N–H and O–H groups in total. The molecule has 2 heteroatoms. The second-order valence-corrected chi connectivity index (χ2v) is 8.22. The number of ether oxygens (including phenoxy) is 1. The molecular weight excluding hydrogens is 270 g/mol. The number of hydrogen-bond acceptors (Lipinski definition) is 2. The van der Waals surface area contributed by atoms with Crippen LogP contribution in [0.2, 0.25) is 0 Å². The van der Waals surface area contributed by atoms with Gasteiger partial charge in [-0.2, -0.15) is 0 Å². The molecule has 0 aliphatic heterocycles. The minimum Gasteiger partial charge on any atom is -0.493 e. The Balaban J connectivity index is 3.47. The topological polar surface area (TPSA) is 21.3 Å². The lowest BCUT2D eigenvalue weighted by atomic mass is 9.78. The Bertz CT molecular complexity index is 442. The van der Waals surface area contributed by atoms with Crippen LogP contribution in [0, 0.1) is 0 Å². The molecule has 0 atom stereocenters. The highest BCUT2D eigenvalue weighted by Gasteiger charge is 2.27. The number of likely N-dealkylation sites (N-methyl/N-ethyl adjacent to an activating group) is 1. The molecule has 0 saturated heterocycles. The maximum atomic E-state index is 6.21. The van der Waals surface area contributed by atoms with Crippen molar-refractivity contribution in [2.24, 2.45) is 0 Å². The van der Waals surface area contributed by atoms with Gasteiger partial charge in [0.25, 0.3) is 0 Å². The second kappa shape index (κ2) is 7.50. The highest BCUT2D eigenvalue weighted by atomic mass is 16.5. The van der Waals surface area contributed by atoms with Crippen molar-refractivity contribution in [3.63, 3.8) is 0 Å². The van der Waals surface area contributed by atoms with Crippen molar-refractivity contribution in [1.82, 2.24) is 5.32 Å². The van der Waals surface area contributed by atoms with Gasteiger partial charge in [0.2, 0.25) is 0 Å². The number of nitrogens with one attached hydrogen (secondary N) is 1. The van der Waals surface area contributed by atoms with Crippen LogP contribution in [0.1, 0.15) is 71.6 Å².